The SMILES string of the molecule is C[C@H](C[C@@H](O)[C@@H]1OC1(C)C)[C@@H]1CC[C@@]2(C)[C@@]1(C)CC=C1[C@]23O[C@H]3C[C@H]2C(C)(C)C(=O)CC[C@]12C. The zero-order chi connectivity index (χ0) is 24.7. The Morgan fingerprint density at radius 1 is 1.09 bits per heavy atom. The van der Waals surface area contributed by atoms with Crippen LogP contribution in [0.4, 0.5) is 0 Å². The van der Waals surface area contributed by atoms with Crippen LogP contribution in [0.1, 0.15) is 100 Å². The van der Waals surface area contributed by atoms with Gasteiger partial charge in [0.15, 0.2) is 0 Å². The number of carbonyl (C=O) groups is 1. The number of epoxide rings is 2. The number of hydrogen-bond acceptors (Lipinski definition) is 4. The van der Waals surface area contributed by atoms with Crippen molar-refractivity contribution >= 4 is 5.78 Å². The van der Waals surface area contributed by atoms with E-state index >= 15 is 0 Å². The van der Waals surface area contributed by atoms with Crippen molar-refractivity contribution in [3.05, 3.63) is 11.6 Å². The standard InChI is InChI=1S/C30H46O4/c1-17(15-19(31)24-26(4,5)34-24)18-9-14-29(8)28(18,7)13-10-20-27(6)12-11-22(32)25(2,3)21(27)16-23-30(20,29)33-23/h10,17-19,21,23-24,31H,9,11-16H2,1-8H3/t17-,18+,19-,21+,23+,24+,27-,28+,29+,30-/m1/s1. The maximum Gasteiger partial charge on any atom is 0.138 e. The number of fused-ring (bicyclic) bond motifs is 3. The van der Waals surface area contributed by atoms with Crippen molar-refractivity contribution in [2.75, 3.05) is 0 Å². The van der Waals surface area contributed by atoms with Crippen molar-refractivity contribution in [3.8, 4) is 0 Å². The Morgan fingerprint density at radius 2 is 1.76 bits per heavy atom. The molecule has 0 aromatic heterocycles. The molecule has 3 saturated carbocycles. The predicted octanol–water partition coefficient (Wildman–Crippen LogP) is 5.86. The molecule has 2 aliphatic heterocycles. The highest BCUT2D eigenvalue weighted by molar-refractivity contribution is 5.86. The molecule has 6 rings (SSSR count). The summed E-state index contributed by atoms with van der Waals surface area (Å²) in [6.45, 7) is 18.4. The second-order valence-electron chi connectivity index (χ2n) is 14.8. The summed E-state index contributed by atoms with van der Waals surface area (Å²) in [5.74, 6) is 1.82. The first-order chi connectivity index (χ1) is 15.7. The second-order valence-corrected chi connectivity index (χ2v) is 14.8. The minimum absolute atomic E-state index is 0.0178. The molecule has 5 fully saturated rings. The molecule has 10 atom stereocenters. The molecule has 0 amide bonds. The smallest absolute Gasteiger partial charge is 0.138 e. The van der Waals surface area contributed by atoms with E-state index in [1.54, 1.807) is 5.57 Å². The van der Waals surface area contributed by atoms with E-state index in [1.165, 1.54) is 12.8 Å². The lowest BCUT2D eigenvalue weighted by Gasteiger charge is -2.61. The third-order valence-corrected chi connectivity index (χ3v) is 12.7. The van der Waals surface area contributed by atoms with Gasteiger partial charge >= 0.3 is 0 Å². The number of Topliss-reactive ketones (excluding diaryl/α,β-unsaturated/α-hetero) is 1. The highest BCUT2D eigenvalue weighted by Crippen LogP contribution is 2.80. The summed E-state index contributed by atoms with van der Waals surface area (Å²) in [4.78, 5) is 12.9. The van der Waals surface area contributed by atoms with Gasteiger partial charge in [-0.1, -0.05) is 47.6 Å². The Hall–Kier alpha value is -0.710. The molecule has 190 valence electrons. The van der Waals surface area contributed by atoms with Gasteiger partial charge in [-0.25, -0.2) is 0 Å². The number of hydrogen-bond donors (Lipinski definition) is 1. The summed E-state index contributed by atoms with van der Waals surface area (Å²) in [6, 6.07) is 0. The summed E-state index contributed by atoms with van der Waals surface area (Å²) in [7, 11) is 0. The number of carbonyl (C=O) groups excluding carboxylic acids is 1. The Morgan fingerprint density at radius 3 is 2.41 bits per heavy atom. The first kappa shape index (κ1) is 23.7. The molecule has 1 spiro atoms. The molecule has 4 aliphatic carbocycles. The van der Waals surface area contributed by atoms with Crippen LogP contribution in [0.5, 0.6) is 0 Å². The third kappa shape index (κ3) is 2.59. The van der Waals surface area contributed by atoms with Gasteiger partial charge in [-0.15, -0.1) is 0 Å². The van der Waals surface area contributed by atoms with E-state index in [4.69, 9.17) is 9.47 Å². The van der Waals surface area contributed by atoms with Gasteiger partial charge in [-0.2, -0.15) is 0 Å². The minimum Gasteiger partial charge on any atom is -0.390 e. The largest absolute Gasteiger partial charge is 0.390 e. The molecule has 4 nitrogen and oxygen atoms in total. The van der Waals surface area contributed by atoms with E-state index in [9.17, 15) is 9.90 Å². The second kappa shape index (κ2) is 6.58. The van der Waals surface area contributed by atoms with E-state index in [1.807, 2.05) is 0 Å². The van der Waals surface area contributed by atoms with Crippen LogP contribution in [-0.2, 0) is 14.3 Å². The molecule has 6 aliphatic rings. The van der Waals surface area contributed by atoms with Gasteiger partial charge in [0.1, 0.15) is 17.5 Å². The topological polar surface area (TPSA) is 62.4 Å². The van der Waals surface area contributed by atoms with Crippen molar-refractivity contribution in [2.45, 2.75) is 130 Å². The van der Waals surface area contributed by atoms with Crippen molar-refractivity contribution in [3.63, 3.8) is 0 Å². The van der Waals surface area contributed by atoms with Gasteiger partial charge in [-0.3, -0.25) is 4.79 Å². The van der Waals surface area contributed by atoms with Crippen molar-refractivity contribution in [1.82, 2.24) is 0 Å². The molecule has 0 radical (unpaired) electrons. The molecule has 2 saturated heterocycles. The lowest BCUT2D eigenvalue weighted by molar-refractivity contribution is -0.140. The Bertz CT molecular complexity index is 965. The molecule has 4 heteroatoms. The van der Waals surface area contributed by atoms with Crippen LogP contribution in [0.25, 0.3) is 0 Å². The molecule has 0 bridgehead atoms. The van der Waals surface area contributed by atoms with Crippen LogP contribution >= 0.6 is 0 Å². The molecule has 0 unspecified atom stereocenters. The van der Waals surface area contributed by atoms with Crippen LogP contribution < -0.4 is 0 Å². The number of ether oxygens (including phenoxy) is 2. The fourth-order valence-corrected chi connectivity index (χ4v) is 10.4. The molecule has 0 aromatic carbocycles. The summed E-state index contributed by atoms with van der Waals surface area (Å²) in [5.41, 5.74) is 1.28. The number of aliphatic hydroxyl groups excluding tert-OH is 1. The number of rotatable bonds is 4. The van der Waals surface area contributed by atoms with E-state index in [0.29, 0.717) is 30.0 Å². The summed E-state index contributed by atoms with van der Waals surface area (Å²) in [5, 5.41) is 10.9. The van der Waals surface area contributed by atoms with Crippen LogP contribution in [0.2, 0.25) is 0 Å². The zero-order valence-electron chi connectivity index (χ0n) is 22.7. The number of aliphatic hydroxyl groups is 1. The summed E-state index contributed by atoms with van der Waals surface area (Å²) < 4.78 is 12.6. The van der Waals surface area contributed by atoms with Crippen LogP contribution in [-0.4, -0.2) is 40.4 Å². The van der Waals surface area contributed by atoms with Crippen molar-refractivity contribution < 1.29 is 19.4 Å². The summed E-state index contributed by atoms with van der Waals surface area (Å²) >= 11 is 0. The van der Waals surface area contributed by atoms with E-state index < -0.39 is 0 Å². The molecule has 34 heavy (non-hydrogen) atoms. The lowest BCUT2D eigenvalue weighted by Crippen LogP contribution is -2.61. The fourth-order valence-electron chi connectivity index (χ4n) is 10.4. The zero-order valence-corrected chi connectivity index (χ0v) is 22.7. The molecule has 0 aromatic rings. The van der Waals surface area contributed by atoms with Crippen molar-refractivity contribution in [2.24, 2.45) is 39.4 Å². The Kier molecular flexibility index (Phi) is 4.58. The Labute approximate surface area is 206 Å². The quantitative estimate of drug-likeness (QED) is 0.413. The Balaban J connectivity index is 1.32. The normalized spacial score (nSPS) is 53.6. The third-order valence-electron chi connectivity index (χ3n) is 12.7. The van der Waals surface area contributed by atoms with Gasteiger partial charge in [-0.05, 0) is 86.5 Å². The molecular weight excluding hydrogens is 424 g/mol. The summed E-state index contributed by atoms with van der Waals surface area (Å²) in [6.07, 6.45) is 9.42. The van der Waals surface area contributed by atoms with Gasteiger partial charge in [0.2, 0.25) is 0 Å². The van der Waals surface area contributed by atoms with Crippen LogP contribution in [0, 0.1) is 39.4 Å². The number of ketones is 1. The van der Waals surface area contributed by atoms with E-state index in [0.717, 1.165) is 25.7 Å². The monoisotopic (exact) mass is 470 g/mol. The van der Waals surface area contributed by atoms with E-state index in [2.05, 4.69) is 61.5 Å². The molecular formula is C30H46O4. The maximum atomic E-state index is 12.9. The fraction of sp³-hybridized carbons (Fsp3) is 0.900. The molecule has 2 heterocycles. The van der Waals surface area contributed by atoms with Crippen LogP contribution in [0.15, 0.2) is 11.6 Å². The predicted molar refractivity (Wildman–Crippen MR) is 132 cm³/mol. The lowest BCUT2D eigenvalue weighted by atomic mass is 9.41. The van der Waals surface area contributed by atoms with Gasteiger partial charge < -0.3 is 14.6 Å². The van der Waals surface area contributed by atoms with Crippen molar-refractivity contribution in [1.29, 1.82) is 0 Å². The van der Waals surface area contributed by atoms with Gasteiger partial charge in [0.05, 0.1) is 17.8 Å². The minimum atomic E-state index is -0.380. The first-order valence-corrected chi connectivity index (χ1v) is 13.9. The first-order valence-electron chi connectivity index (χ1n) is 13.9. The van der Waals surface area contributed by atoms with E-state index in [-0.39, 0.29) is 51.2 Å². The average Bonchev–Trinajstić information content (AvgIpc) is 3.59. The number of allylic oxidation sites excluding steroid dienone is 1. The highest BCUT2D eigenvalue weighted by atomic mass is 16.6. The van der Waals surface area contributed by atoms with Crippen LogP contribution in [0.3, 0.4) is 0 Å². The van der Waals surface area contributed by atoms with Gasteiger partial charge in [0, 0.05) is 17.3 Å². The maximum absolute atomic E-state index is 12.9. The van der Waals surface area contributed by atoms with Gasteiger partial charge in [0.25, 0.3) is 0 Å². The molecule has 1 N–H and O–H groups in total. The average molecular weight is 471 g/mol. The highest BCUT2D eigenvalue weighted by Gasteiger charge is 2.81.